The molecule has 0 bridgehead atoms. The zero-order valence-corrected chi connectivity index (χ0v) is 15.6. The summed E-state index contributed by atoms with van der Waals surface area (Å²) in [6.07, 6.45) is 1.99. The second-order valence-corrected chi connectivity index (χ2v) is 8.76. The van der Waals surface area contributed by atoms with Crippen LogP contribution in [0.3, 0.4) is 0 Å². The number of para-hydroxylation sites is 2. The number of aromatic nitrogens is 2. The van der Waals surface area contributed by atoms with Gasteiger partial charge in [0, 0.05) is 6.04 Å². The Morgan fingerprint density at radius 3 is 2.30 bits per heavy atom. The van der Waals surface area contributed by atoms with Gasteiger partial charge in [-0.05, 0) is 44.0 Å². The normalized spacial score (nSPS) is 15.3. The van der Waals surface area contributed by atoms with Crippen LogP contribution >= 0.6 is 0 Å². The van der Waals surface area contributed by atoms with E-state index in [1.165, 1.54) is 12.1 Å². The minimum atomic E-state index is -3.93. The van der Waals surface area contributed by atoms with Crippen LogP contribution in [0.1, 0.15) is 29.3 Å². The third-order valence-corrected chi connectivity index (χ3v) is 6.42. The molecule has 1 unspecified atom stereocenters. The summed E-state index contributed by atoms with van der Waals surface area (Å²) < 4.78 is 26.3. The number of aryl methyl sites for hydroxylation is 1. The van der Waals surface area contributed by atoms with E-state index in [0.717, 1.165) is 18.4 Å². The first-order valence-corrected chi connectivity index (χ1v) is 10.3. The van der Waals surface area contributed by atoms with Crippen molar-refractivity contribution in [1.82, 2.24) is 9.97 Å². The average molecular weight is 378 g/mol. The van der Waals surface area contributed by atoms with E-state index in [9.17, 15) is 13.7 Å². The van der Waals surface area contributed by atoms with Crippen molar-refractivity contribution in [3.05, 3.63) is 59.8 Å². The summed E-state index contributed by atoms with van der Waals surface area (Å²) in [5, 5.41) is 11.6. The molecule has 1 saturated carbocycles. The Hall–Kier alpha value is -2.98. The molecule has 1 fully saturated rings. The van der Waals surface area contributed by atoms with Gasteiger partial charge >= 0.3 is 0 Å². The standard InChI is InChI=1S/C20H18N4O2S/c1-13-6-10-15(11-7-13)27(25,26)18(12-21)19-20(22-14-8-9-14)24-17-5-3-2-4-16(17)23-19/h2-7,10-11,14,18H,8-9H2,1H3,(H,22,24). The second-order valence-electron chi connectivity index (χ2n) is 6.73. The largest absolute Gasteiger partial charge is 0.366 e. The van der Waals surface area contributed by atoms with Gasteiger partial charge in [0.05, 0.1) is 22.0 Å². The summed E-state index contributed by atoms with van der Waals surface area (Å²) in [4.78, 5) is 9.17. The molecule has 1 heterocycles. The van der Waals surface area contributed by atoms with Gasteiger partial charge in [-0.25, -0.2) is 18.4 Å². The average Bonchev–Trinajstić information content (AvgIpc) is 3.47. The first kappa shape index (κ1) is 17.4. The van der Waals surface area contributed by atoms with Crippen LogP contribution in [0.5, 0.6) is 0 Å². The Labute approximate surface area is 157 Å². The van der Waals surface area contributed by atoms with Crippen LogP contribution < -0.4 is 5.32 Å². The van der Waals surface area contributed by atoms with E-state index < -0.39 is 15.1 Å². The summed E-state index contributed by atoms with van der Waals surface area (Å²) in [5.74, 6) is 0.374. The molecule has 3 aromatic rings. The van der Waals surface area contributed by atoms with Gasteiger partial charge in [-0.3, -0.25) is 0 Å². The smallest absolute Gasteiger partial charge is 0.200 e. The number of sulfone groups is 1. The molecule has 0 amide bonds. The lowest BCUT2D eigenvalue weighted by Crippen LogP contribution is -2.18. The minimum absolute atomic E-state index is 0.104. The Kier molecular flexibility index (Phi) is 4.28. The fraction of sp³-hybridized carbons (Fsp3) is 0.250. The highest BCUT2D eigenvalue weighted by Crippen LogP contribution is 2.34. The van der Waals surface area contributed by atoms with E-state index in [2.05, 4.69) is 15.3 Å². The zero-order chi connectivity index (χ0) is 19.0. The fourth-order valence-corrected chi connectivity index (χ4v) is 4.25. The van der Waals surface area contributed by atoms with Gasteiger partial charge in [-0.15, -0.1) is 0 Å². The lowest BCUT2D eigenvalue weighted by molar-refractivity contribution is 0.590. The van der Waals surface area contributed by atoms with Crippen LogP contribution in [0.2, 0.25) is 0 Å². The number of anilines is 1. The maximum absolute atomic E-state index is 13.1. The van der Waals surface area contributed by atoms with Crippen LogP contribution in [-0.2, 0) is 9.84 Å². The van der Waals surface area contributed by atoms with Gasteiger partial charge in [-0.1, -0.05) is 29.8 Å². The molecule has 27 heavy (non-hydrogen) atoms. The predicted molar refractivity (Wildman–Crippen MR) is 103 cm³/mol. The first-order chi connectivity index (χ1) is 13.0. The molecule has 1 aromatic heterocycles. The topological polar surface area (TPSA) is 95.7 Å². The maximum Gasteiger partial charge on any atom is 0.200 e. The van der Waals surface area contributed by atoms with Gasteiger partial charge in [-0.2, -0.15) is 5.26 Å². The monoisotopic (exact) mass is 378 g/mol. The van der Waals surface area contributed by atoms with Crippen LogP contribution in [0.15, 0.2) is 53.4 Å². The first-order valence-electron chi connectivity index (χ1n) is 8.72. The Morgan fingerprint density at radius 2 is 1.70 bits per heavy atom. The summed E-state index contributed by atoms with van der Waals surface area (Å²) in [6.45, 7) is 1.88. The predicted octanol–water partition coefficient (Wildman–Crippen LogP) is 3.55. The second kappa shape index (κ2) is 6.63. The lowest BCUT2D eigenvalue weighted by atomic mass is 10.2. The number of benzene rings is 2. The number of rotatable bonds is 5. The highest BCUT2D eigenvalue weighted by molar-refractivity contribution is 7.92. The van der Waals surface area contributed by atoms with Gasteiger partial charge in [0.1, 0.15) is 5.69 Å². The number of nitrogens with zero attached hydrogens (tertiary/aromatic N) is 3. The molecule has 4 rings (SSSR count). The minimum Gasteiger partial charge on any atom is -0.366 e. The summed E-state index contributed by atoms with van der Waals surface area (Å²) in [6, 6.07) is 15.9. The third kappa shape index (κ3) is 3.36. The lowest BCUT2D eigenvalue weighted by Gasteiger charge is -2.16. The van der Waals surface area contributed by atoms with Gasteiger partial charge in [0.25, 0.3) is 0 Å². The number of hydrogen-bond acceptors (Lipinski definition) is 6. The molecule has 1 aliphatic carbocycles. The van der Waals surface area contributed by atoms with E-state index in [0.29, 0.717) is 16.9 Å². The molecule has 0 radical (unpaired) electrons. The SMILES string of the molecule is Cc1ccc(S(=O)(=O)C(C#N)c2nc3ccccc3nc2NC2CC2)cc1. The summed E-state index contributed by atoms with van der Waals surface area (Å²) in [7, 11) is -3.93. The third-order valence-electron chi connectivity index (χ3n) is 4.54. The van der Waals surface area contributed by atoms with Crippen molar-refractivity contribution in [2.24, 2.45) is 0 Å². The molecule has 0 aliphatic heterocycles. The van der Waals surface area contributed by atoms with Crippen molar-refractivity contribution >= 4 is 26.7 Å². The van der Waals surface area contributed by atoms with Crippen molar-refractivity contribution < 1.29 is 8.42 Å². The molecular formula is C20H18N4O2S. The highest BCUT2D eigenvalue weighted by Gasteiger charge is 2.35. The number of fused-ring (bicyclic) bond motifs is 1. The van der Waals surface area contributed by atoms with E-state index in [4.69, 9.17) is 0 Å². The molecule has 0 spiro atoms. The quantitative estimate of drug-likeness (QED) is 0.729. The maximum atomic E-state index is 13.1. The van der Waals surface area contributed by atoms with Crippen molar-refractivity contribution in [2.45, 2.75) is 36.0 Å². The molecule has 7 heteroatoms. The molecule has 1 N–H and O–H groups in total. The molecule has 2 aromatic carbocycles. The van der Waals surface area contributed by atoms with Crippen molar-refractivity contribution in [2.75, 3.05) is 5.32 Å². The molecular weight excluding hydrogens is 360 g/mol. The Morgan fingerprint density at radius 1 is 1.07 bits per heavy atom. The fourth-order valence-electron chi connectivity index (χ4n) is 2.87. The van der Waals surface area contributed by atoms with Crippen molar-refractivity contribution in [3.8, 4) is 6.07 Å². The van der Waals surface area contributed by atoms with Crippen molar-refractivity contribution in [3.63, 3.8) is 0 Å². The number of nitrogens with one attached hydrogen (secondary N) is 1. The van der Waals surface area contributed by atoms with Crippen LogP contribution in [0.4, 0.5) is 5.82 Å². The van der Waals surface area contributed by atoms with E-state index in [1.54, 1.807) is 18.2 Å². The van der Waals surface area contributed by atoms with Crippen LogP contribution in [-0.4, -0.2) is 24.4 Å². The van der Waals surface area contributed by atoms with E-state index in [-0.39, 0.29) is 16.6 Å². The van der Waals surface area contributed by atoms with E-state index in [1.807, 2.05) is 31.2 Å². The highest BCUT2D eigenvalue weighted by atomic mass is 32.2. The molecule has 0 saturated heterocycles. The van der Waals surface area contributed by atoms with Gasteiger partial charge in [0.15, 0.2) is 11.1 Å². The Bertz CT molecular complexity index is 1150. The van der Waals surface area contributed by atoms with Gasteiger partial charge in [0.2, 0.25) is 9.84 Å². The zero-order valence-electron chi connectivity index (χ0n) is 14.8. The van der Waals surface area contributed by atoms with Gasteiger partial charge < -0.3 is 5.32 Å². The van der Waals surface area contributed by atoms with E-state index >= 15 is 0 Å². The summed E-state index contributed by atoms with van der Waals surface area (Å²) in [5.41, 5.74) is 2.33. The van der Waals surface area contributed by atoms with Crippen LogP contribution in [0, 0.1) is 18.3 Å². The van der Waals surface area contributed by atoms with Crippen LogP contribution in [0.25, 0.3) is 11.0 Å². The number of nitriles is 1. The van der Waals surface area contributed by atoms with Crippen molar-refractivity contribution in [1.29, 1.82) is 5.26 Å². The summed E-state index contributed by atoms with van der Waals surface area (Å²) >= 11 is 0. The Balaban J connectivity index is 1.87. The molecule has 6 nitrogen and oxygen atoms in total. The molecule has 1 atom stereocenters. The molecule has 136 valence electrons. The number of hydrogen-bond donors (Lipinski definition) is 1. The molecule has 1 aliphatic rings.